The monoisotopic (exact) mass is 263 g/mol. The first-order valence-corrected chi connectivity index (χ1v) is 6.64. The number of benzene rings is 1. The Morgan fingerprint density at radius 3 is 2.53 bits per heavy atom. The van der Waals surface area contributed by atoms with Crippen molar-refractivity contribution in [3.8, 4) is 0 Å². The van der Waals surface area contributed by atoms with Crippen LogP contribution in [0.2, 0.25) is 0 Å². The molecule has 0 atom stereocenters. The smallest absolute Gasteiger partial charge is 0.307 e. The number of aryl methyl sites for hydroxylation is 1. The summed E-state index contributed by atoms with van der Waals surface area (Å²) in [5, 5.41) is 2.70. The molecule has 0 aliphatic carbocycles. The van der Waals surface area contributed by atoms with E-state index < -0.39 is 0 Å². The molecule has 104 valence electrons. The molecule has 0 aromatic heterocycles. The van der Waals surface area contributed by atoms with Crippen LogP contribution in [-0.2, 0) is 9.53 Å². The van der Waals surface area contributed by atoms with Crippen molar-refractivity contribution in [3.63, 3.8) is 0 Å². The molecule has 1 amide bonds. The average molecular weight is 263 g/mol. The van der Waals surface area contributed by atoms with E-state index in [0.29, 0.717) is 18.7 Å². The van der Waals surface area contributed by atoms with Gasteiger partial charge in [-0.3, -0.25) is 9.59 Å². The Bertz CT molecular complexity index is 412. The maximum absolute atomic E-state index is 11.7. The highest BCUT2D eigenvalue weighted by Crippen LogP contribution is 2.02. The second-order valence-electron chi connectivity index (χ2n) is 4.45. The standard InChI is InChI=1S/C15H21NO3/c1-3-4-11-19-14(17)9-10-16-15(18)13-7-5-12(2)6-8-13/h5-8H,3-4,9-11H2,1-2H3,(H,16,18). The van der Waals surface area contributed by atoms with Crippen LogP contribution in [0.4, 0.5) is 0 Å². The topological polar surface area (TPSA) is 55.4 Å². The van der Waals surface area contributed by atoms with Crippen LogP contribution >= 0.6 is 0 Å². The number of ether oxygens (including phenoxy) is 1. The summed E-state index contributed by atoms with van der Waals surface area (Å²) in [5.74, 6) is -0.431. The number of hydrogen-bond acceptors (Lipinski definition) is 3. The van der Waals surface area contributed by atoms with Gasteiger partial charge in [0.05, 0.1) is 13.0 Å². The molecule has 1 N–H and O–H groups in total. The molecular formula is C15H21NO3. The fourth-order valence-corrected chi connectivity index (χ4v) is 1.49. The minimum absolute atomic E-state index is 0.165. The number of unbranched alkanes of at least 4 members (excludes halogenated alkanes) is 1. The van der Waals surface area contributed by atoms with Crippen LogP contribution in [0.5, 0.6) is 0 Å². The zero-order valence-electron chi connectivity index (χ0n) is 11.6. The van der Waals surface area contributed by atoms with Crippen LogP contribution in [0.1, 0.15) is 42.1 Å². The summed E-state index contributed by atoms with van der Waals surface area (Å²) >= 11 is 0. The van der Waals surface area contributed by atoms with E-state index in [4.69, 9.17) is 4.74 Å². The van der Waals surface area contributed by atoms with Gasteiger partial charge in [-0.05, 0) is 25.5 Å². The quantitative estimate of drug-likeness (QED) is 0.607. The van der Waals surface area contributed by atoms with Crippen molar-refractivity contribution >= 4 is 11.9 Å². The molecule has 19 heavy (non-hydrogen) atoms. The van der Waals surface area contributed by atoms with Gasteiger partial charge in [-0.25, -0.2) is 0 Å². The van der Waals surface area contributed by atoms with Gasteiger partial charge in [0.2, 0.25) is 0 Å². The number of esters is 1. The summed E-state index contributed by atoms with van der Waals surface area (Å²) in [7, 11) is 0. The van der Waals surface area contributed by atoms with Gasteiger partial charge in [-0.2, -0.15) is 0 Å². The molecular weight excluding hydrogens is 242 g/mol. The summed E-state index contributed by atoms with van der Waals surface area (Å²) in [6.07, 6.45) is 2.08. The molecule has 0 heterocycles. The Labute approximate surface area is 114 Å². The summed E-state index contributed by atoms with van der Waals surface area (Å²) < 4.78 is 5.00. The molecule has 0 unspecified atom stereocenters. The molecule has 0 saturated heterocycles. The van der Waals surface area contributed by atoms with Crippen molar-refractivity contribution in [3.05, 3.63) is 35.4 Å². The predicted octanol–water partition coefficient (Wildman–Crippen LogP) is 2.46. The lowest BCUT2D eigenvalue weighted by molar-refractivity contribution is -0.143. The van der Waals surface area contributed by atoms with Gasteiger partial charge < -0.3 is 10.1 Å². The van der Waals surface area contributed by atoms with Crippen molar-refractivity contribution in [2.24, 2.45) is 0 Å². The number of nitrogens with one attached hydrogen (secondary N) is 1. The van der Waals surface area contributed by atoms with E-state index >= 15 is 0 Å². The highest BCUT2D eigenvalue weighted by atomic mass is 16.5. The molecule has 0 bridgehead atoms. The molecule has 1 aromatic rings. The highest BCUT2D eigenvalue weighted by Gasteiger charge is 2.06. The molecule has 0 aliphatic rings. The fraction of sp³-hybridized carbons (Fsp3) is 0.467. The second-order valence-corrected chi connectivity index (χ2v) is 4.45. The largest absolute Gasteiger partial charge is 0.466 e. The molecule has 4 heteroatoms. The van der Waals surface area contributed by atoms with Crippen molar-refractivity contribution in [1.29, 1.82) is 0 Å². The Kier molecular flexibility index (Phi) is 6.64. The predicted molar refractivity (Wildman–Crippen MR) is 74.0 cm³/mol. The lowest BCUT2D eigenvalue weighted by Crippen LogP contribution is -2.26. The van der Waals surface area contributed by atoms with Gasteiger partial charge in [0.1, 0.15) is 0 Å². The summed E-state index contributed by atoms with van der Waals surface area (Å²) in [6.45, 7) is 4.77. The van der Waals surface area contributed by atoms with Crippen molar-refractivity contribution in [2.45, 2.75) is 33.1 Å². The highest BCUT2D eigenvalue weighted by molar-refractivity contribution is 5.94. The number of carbonyl (C=O) groups is 2. The minimum Gasteiger partial charge on any atom is -0.466 e. The van der Waals surface area contributed by atoms with Crippen LogP contribution in [-0.4, -0.2) is 25.0 Å². The lowest BCUT2D eigenvalue weighted by Gasteiger charge is -2.06. The van der Waals surface area contributed by atoms with E-state index in [2.05, 4.69) is 5.32 Å². The summed E-state index contributed by atoms with van der Waals surface area (Å²) in [6, 6.07) is 7.30. The molecule has 0 saturated carbocycles. The molecule has 1 rings (SSSR count). The van der Waals surface area contributed by atoms with E-state index in [1.807, 2.05) is 26.0 Å². The third kappa shape index (κ3) is 6.04. The zero-order valence-corrected chi connectivity index (χ0v) is 11.6. The first-order valence-electron chi connectivity index (χ1n) is 6.64. The van der Waals surface area contributed by atoms with Crippen molar-refractivity contribution in [1.82, 2.24) is 5.32 Å². The Morgan fingerprint density at radius 2 is 1.89 bits per heavy atom. The minimum atomic E-state index is -0.266. The fourth-order valence-electron chi connectivity index (χ4n) is 1.49. The van der Waals surface area contributed by atoms with Gasteiger partial charge in [0.15, 0.2) is 0 Å². The maximum Gasteiger partial charge on any atom is 0.307 e. The first kappa shape index (κ1) is 15.2. The van der Waals surface area contributed by atoms with Crippen molar-refractivity contribution < 1.29 is 14.3 Å². The summed E-state index contributed by atoms with van der Waals surface area (Å²) in [5.41, 5.74) is 1.71. The third-order valence-corrected chi connectivity index (χ3v) is 2.69. The van der Waals surface area contributed by atoms with E-state index in [0.717, 1.165) is 18.4 Å². The third-order valence-electron chi connectivity index (χ3n) is 2.69. The number of amides is 1. The SMILES string of the molecule is CCCCOC(=O)CCNC(=O)c1ccc(C)cc1. The van der Waals surface area contributed by atoms with Crippen LogP contribution in [0, 0.1) is 6.92 Å². The average Bonchev–Trinajstić information content (AvgIpc) is 2.39. The molecule has 4 nitrogen and oxygen atoms in total. The number of rotatable bonds is 7. The molecule has 0 aliphatic heterocycles. The van der Waals surface area contributed by atoms with Crippen LogP contribution in [0.15, 0.2) is 24.3 Å². The van der Waals surface area contributed by atoms with E-state index in [1.165, 1.54) is 0 Å². The number of carbonyl (C=O) groups excluding carboxylic acids is 2. The molecule has 0 radical (unpaired) electrons. The van der Waals surface area contributed by atoms with E-state index in [1.54, 1.807) is 12.1 Å². The van der Waals surface area contributed by atoms with Gasteiger partial charge >= 0.3 is 5.97 Å². The zero-order chi connectivity index (χ0) is 14.1. The second kappa shape index (κ2) is 8.29. The van der Waals surface area contributed by atoms with Gasteiger partial charge in [-0.1, -0.05) is 31.0 Å². The molecule has 0 fully saturated rings. The molecule has 1 aromatic carbocycles. The van der Waals surface area contributed by atoms with Gasteiger partial charge in [0.25, 0.3) is 5.91 Å². The van der Waals surface area contributed by atoms with Crippen LogP contribution < -0.4 is 5.32 Å². The molecule has 0 spiro atoms. The normalized spacial score (nSPS) is 10.0. The maximum atomic E-state index is 11.7. The van der Waals surface area contributed by atoms with Crippen LogP contribution in [0.3, 0.4) is 0 Å². The van der Waals surface area contributed by atoms with Crippen LogP contribution in [0.25, 0.3) is 0 Å². The van der Waals surface area contributed by atoms with E-state index in [9.17, 15) is 9.59 Å². The Morgan fingerprint density at radius 1 is 1.21 bits per heavy atom. The lowest BCUT2D eigenvalue weighted by atomic mass is 10.1. The Hall–Kier alpha value is -1.84. The van der Waals surface area contributed by atoms with Gasteiger partial charge in [0, 0.05) is 12.1 Å². The van der Waals surface area contributed by atoms with Crippen molar-refractivity contribution in [2.75, 3.05) is 13.2 Å². The van der Waals surface area contributed by atoms with Gasteiger partial charge in [-0.15, -0.1) is 0 Å². The number of hydrogen-bond donors (Lipinski definition) is 1. The summed E-state index contributed by atoms with van der Waals surface area (Å²) in [4.78, 5) is 23.0. The first-order chi connectivity index (χ1) is 9.13. The Balaban J connectivity index is 2.23. The van der Waals surface area contributed by atoms with E-state index in [-0.39, 0.29) is 18.3 Å².